The molecule has 1 aromatic rings. The highest BCUT2D eigenvalue weighted by atomic mass is 79.9. The molecule has 94 valence electrons. The lowest BCUT2D eigenvalue weighted by molar-refractivity contribution is -0.140. The van der Waals surface area contributed by atoms with Crippen LogP contribution < -0.4 is 0 Å². The predicted octanol–water partition coefficient (Wildman–Crippen LogP) is 2.58. The lowest BCUT2D eigenvalue weighted by Crippen LogP contribution is -2.21. The van der Waals surface area contributed by atoms with Gasteiger partial charge in [-0.1, -0.05) is 15.9 Å². The van der Waals surface area contributed by atoms with Gasteiger partial charge in [-0.2, -0.15) is 0 Å². The minimum absolute atomic E-state index is 0.239. The van der Waals surface area contributed by atoms with Crippen molar-refractivity contribution in [2.45, 2.75) is 13.0 Å². The Morgan fingerprint density at radius 1 is 1.47 bits per heavy atom. The normalized spacial score (nSPS) is 10.6. The number of carbonyl (C=O) groups excluding carboxylic acids is 1. The summed E-state index contributed by atoms with van der Waals surface area (Å²) in [6.07, 6.45) is 0.337. The number of rotatable bonds is 5. The predicted molar refractivity (Wildman–Crippen MR) is 67.1 cm³/mol. The van der Waals surface area contributed by atoms with E-state index >= 15 is 0 Å². The number of esters is 1. The lowest BCUT2D eigenvalue weighted by atomic mass is 10.2. The van der Waals surface area contributed by atoms with Crippen LogP contribution in [0, 0.1) is 5.82 Å². The van der Waals surface area contributed by atoms with Crippen LogP contribution in [0.25, 0.3) is 0 Å². The molecule has 17 heavy (non-hydrogen) atoms. The molecule has 0 aliphatic heterocycles. The van der Waals surface area contributed by atoms with Crippen molar-refractivity contribution in [1.29, 1.82) is 0 Å². The summed E-state index contributed by atoms with van der Waals surface area (Å²) >= 11 is 3.24. The van der Waals surface area contributed by atoms with Crippen LogP contribution in [0.2, 0.25) is 0 Å². The molecule has 5 heteroatoms. The first-order valence-corrected chi connectivity index (χ1v) is 6.01. The third-order valence-corrected chi connectivity index (χ3v) is 2.76. The molecule has 3 nitrogen and oxygen atoms in total. The van der Waals surface area contributed by atoms with E-state index in [4.69, 9.17) is 0 Å². The average Bonchev–Trinajstić information content (AvgIpc) is 2.24. The van der Waals surface area contributed by atoms with Crippen LogP contribution in [-0.4, -0.2) is 31.6 Å². The smallest absolute Gasteiger partial charge is 0.306 e. The van der Waals surface area contributed by atoms with Crippen LogP contribution in [0.3, 0.4) is 0 Å². The molecule has 0 atom stereocenters. The van der Waals surface area contributed by atoms with Gasteiger partial charge in [0.25, 0.3) is 0 Å². The molecule has 0 aliphatic rings. The van der Waals surface area contributed by atoms with E-state index < -0.39 is 0 Å². The van der Waals surface area contributed by atoms with E-state index in [1.54, 1.807) is 0 Å². The Morgan fingerprint density at radius 3 is 2.76 bits per heavy atom. The van der Waals surface area contributed by atoms with Gasteiger partial charge in [0.2, 0.25) is 0 Å². The maximum Gasteiger partial charge on any atom is 0.306 e. The van der Waals surface area contributed by atoms with Crippen LogP contribution in [0.1, 0.15) is 12.0 Å². The van der Waals surface area contributed by atoms with Crippen LogP contribution in [-0.2, 0) is 16.1 Å². The van der Waals surface area contributed by atoms with Gasteiger partial charge in [0.05, 0.1) is 13.5 Å². The summed E-state index contributed by atoms with van der Waals surface area (Å²) in [5.74, 6) is -0.506. The second-order valence-electron chi connectivity index (χ2n) is 3.84. The first kappa shape index (κ1) is 14.1. The van der Waals surface area contributed by atoms with Gasteiger partial charge in [-0.15, -0.1) is 0 Å². The molecule has 0 spiro atoms. The maximum atomic E-state index is 13.1. The van der Waals surface area contributed by atoms with Crippen molar-refractivity contribution < 1.29 is 13.9 Å². The zero-order valence-electron chi connectivity index (χ0n) is 9.87. The van der Waals surface area contributed by atoms with Gasteiger partial charge in [0.1, 0.15) is 5.82 Å². The van der Waals surface area contributed by atoms with Crippen LogP contribution in [0.4, 0.5) is 4.39 Å². The molecule has 0 heterocycles. The van der Waals surface area contributed by atoms with Gasteiger partial charge in [-0.3, -0.25) is 4.79 Å². The molecule has 1 aromatic carbocycles. The van der Waals surface area contributed by atoms with Crippen molar-refractivity contribution >= 4 is 21.9 Å². The average molecular weight is 304 g/mol. The number of benzene rings is 1. The molecule has 0 amide bonds. The van der Waals surface area contributed by atoms with Crippen molar-refractivity contribution in [1.82, 2.24) is 4.90 Å². The van der Waals surface area contributed by atoms with Gasteiger partial charge in [0.15, 0.2) is 0 Å². The van der Waals surface area contributed by atoms with Crippen LogP contribution >= 0.6 is 15.9 Å². The highest BCUT2D eigenvalue weighted by molar-refractivity contribution is 9.10. The van der Waals surface area contributed by atoms with Crippen molar-refractivity contribution in [3.8, 4) is 0 Å². The summed E-state index contributed by atoms with van der Waals surface area (Å²) in [6.45, 7) is 1.17. The maximum absolute atomic E-state index is 13.1. The number of halogens is 2. The first-order valence-electron chi connectivity index (χ1n) is 5.21. The van der Waals surface area contributed by atoms with E-state index in [1.807, 2.05) is 18.0 Å². The number of nitrogens with zero attached hydrogens (tertiary/aromatic N) is 1. The van der Waals surface area contributed by atoms with Gasteiger partial charge < -0.3 is 9.64 Å². The molecular weight excluding hydrogens is 289 g/mol. The zero-order valence-corrected chi connectivity index (χ0v) is 11.5. The molecule has 0 N–H and O–H groups in total. The number of hydrogen-bond acceptors (Lipinski definition) is 3. The highest BCUT2D eigenvalue weighted by Crippen LogP contribution is 2.16. The summed E-state index contributed by atoms with van der Waals surface area (Å²) in [7, 11) is 3.24. The fraction of sp³-hybridized carbons (Fsp3) is 0.417. The van der Waals surface area contributed by atoms with E-state index in [-0.39, 0.29) is 11.8 Å². The highest BCUT2D eigenvalue weighted by Gasteiger charge is 2.06. The Labute approximate surface area is 109 Å². The minimum Gasteiger partial charge on any atom is -0.469 e. The molecule has 0 unspecified atom stereocenters. The topological polar surface area (TPSA) is 29.5 Å². The van der Waals surface area contributed by atoms with Crippen molar-refractivity contribution in [3.63, 3.8) is 0 Å². The largest absolute Gasteiger partial charge is 0.469 e. The monoisotopic (exact) mass is 303 g/mol. The molecule has 0 bridgehead atoms. The van der Waals surface area contributed by atoms with E-state index in [0.29, 0.717) is 24.0 Å². The van der Waals surface area contributed by atoms with Gasteiger partial charge >= 0.3 is 5.97 Å². The molecule has 1 rings (SSSR count). The Kier molecular flexibility index (Phi) is 5.58. The molecular formula is C12H15BrFNO2. The third-order valence-electron chi connectivity index (χ3n) is 2.30. The number of methoxy groups -OCH3 is 1. The second kappa shape index (κ2) is 6.71. The SMILES string of the molecule is COC(=O)CCN(C)Cc1cc(F)cc(Br)c1. The minimum atomic E-state index is -0.268. The van der Waals surface area contributed by atoms with Crippen molar-refractivity contribution in [2.75, 3.05) is 20.7 Å². The fourth-order valence-corrected chi connectivity index (χ4v) is 1.99. The van der Waals surface area contributed by atoms with E-state index in [9.17, 15) is 9.18 Å². The number of ether oxygens (including phenoxy) is 1. The van der Waals surface area contributed by atoms with Gasteiger partial charge in [-0.05, 0) is 30.8 Å². The summed E-state index contributed by atoms with van der Waals surface area (Å²) < 4.78 is 18.4. The Hall–Kier alpha value is -0.940. The second-order valence-corrected chi connectivity index (χ2v) is 4.76. The van der Waals surface area contributed by atoms with E-state index in [0.717, 1.165) is 5.56 Å². The Balaban J connectivity index is 2.50. The summed E-state index contributed by atoms with van der Waals surface area (Å²) in [5.41, 5.74) is 0.865. The van der Waals surface area contributed by atoms with E-state index in [1.165, 1.54) is 19.2 Å². The van der Waals surface area contributed by atoms with Crippen LogP contribution in [0.15, 0.2) is 22.7 Å². The van der Waals surface area contributed by atoms with Crippen molar-refractivity contribution in [2.24, 2.45) is 0 Å². The zero-order chi connectivity index (χ0) is 12.8. The number of hydrogen-bond donors (Lipinski definition) is 0. The van der Waals surface area contributed by atoms with Crippen molar-refractivity contribution in [3.05, 3.63) is 34.1 Å². The first-order chi connectivity index (χ1) is 8.01. The molecule has 0 fully saturated rings. The summed E-state index contributed by atoms with van der Waals surface area (Å²) in [4.78, 5) is 12.9. The Bertz CT molecular complexity index is 378. The van der Waals surface area contributed by atoms with Gasteiger partial charge in [0, 0.05) is 17.6 Å². The summed E-state index contributed by atoms with van der Waals surface area (Å²) in [6, 6.07) is 4.76. The molecule has 0 aliphatic carbocycles. The molecule has 0 aromatic heterocycles. The van der Waals surface area contributed by atoms with Gasteiger partial charge in [-0.25, -0.2) is 4.39 Å². The Morgan fingerprint density at radius 2 is 2.18 bits per heavy atom. The molecule has 0 radical (unpaired) electrons. The standard InChI is InChI=1S/C12H15BrFNO2/c1-15(4-3-12(16)17-2)8-9-5-10(13)7-11(14)6-9/h5-7H,3-4,8H2,1-2H3. The molecule has 0 saturated heterocycles. The lowest BCUT2D eigenvalue weighted by Gasteiger charge is -2.16. The third kappa shape index (κ3) is 5.28. The number of carbonyl (C=O) groups is 1. The fourth-order valence-electron chi connectivity index (χ4n) is 1.48. The van der Waals surface area contributed by atoms with E-state index in [2.05, 4.69) is 20.7 Å². The summed E-state index contributed by atoms with van der Waals surface area (Å²) in [5, 5.41) is 0. The molecule has 0 saturated carbocycles. The quantitative estimate of drug-likeness (QED) is 0.783. The van der Waals surface area contributed by atoms with Crippen LogP contribution in [0.5, 0.6) is 0 Å².